The monoisotopic (exact) mass is 190 g/mol. The molecule has 0 bridgehead atoms. The zero-order valence-electron chi connectivity index (χ0n) is 8.17. The van der Waals surface area contributed by atoms with Crippen LogP contribution in [-0.2, 0) is 9.53 Å². The van der Waals surface area contributed by atoms with E-state index in [4.69, 9.17) is 9.84 Å². The van der Waals surface area contributed by atoms with E-state index in [9.17, 15) is 4.79 Å². The topological polar surface area (TPSA) is 70.6 Å². The van der Waals surface area contributed by atoms with Gasteiger partial charge in [-0.3, -0.25) is 4.79 Å². The SMILES string of the molecule is COCCNCC(=O)NCC(C)O. The molecule has 5 heteroatoms. The van der Waals surface area contributed by atoms with Crippen molar-refractivity contribution in [3.63, 3.8) is 0 Å². The van der Waals surface area contributed by atoms with Crippen LogP contribution in [0.4, 0.5) is 0 Å². The summed E-state index contributed by atoms with van der Waals surface area (Å²) >= 11 is 0. The van der Waals surface area contributed by atoms with E-state index < -0.39 is 6.10 Å². The zero-order chi connectivity index (χ0) is 10.1. The molecule has 0 aromatic rings. The molecule has 0 rings (SSSR count). The molecule has 0 aromatic heterocycles. The van der Waals surface area contributed by atoms with Gasteiger partial charge in [-0.25, -0.2) is 0 Å². The minimum Gasteiger partial charge on any atom is -0.392 e. The summed E-state index contributed by atoms with van der Waals surface area (Å²) in [7, 11) is 1.61. The zero-order valence-corrected chi connectivity index (χ0v) is 8.17. The lowest BCUT2D eigenvalue weighted by molar-refractivity contribution is -0.120. The number of nitrogens with one attached hydrogen (secondary N) is 2. The third-order valence-electron chi connectivity index (χ3n) is 1.36. The first-order valence-electron chi connectivity index (χ1n) is 4.31. The fourth-order valence-corrected chi connectivity index (χ4v) is 0.700. The van der Waals surface area contributed by atoms with Crippen LogP contribution in [0.3, 0.4) is 0 Å². The number of aliphatic hydroxyl groups excluding tert-OH is 1. The van der Waals surface area contributed by atoms with Crippen LogP contribution in [-0.4, -0.2) is 50.5 Å². The van der Waals surface area contributed by atoms with Gasteiger partial charge in [0.05, 0.1) is 19.3 Å². The Morgan fingerprint density at radius 2 is 2.31 bits per heavy atom. The highest BCUT2D eigenvalue weighted by molar-refractivity contribution is 5.77. The first kappa shape index (κ1) is 12.3. The average Bonchev–Trinajstić information content (AvgIpc) is 2.09. The van der Waals surface area contributed by atoms with Gasteiger partial charge in [0.25, 0.3) is 0 Å². The van der Waals surface area contributed by atoms with Crippen LogP contribution in [0.25, 0.3) is 0 Å². The van der Waals surface area contributed by atoms with Crippen molar-refractivity contribution in [2.24, 2.45) is 0 Å². The molecule has 0 aliphatic rings. The Balaban J connectivity index is 3.20. The van der Waals surface area contributed by atoms with Crippen molar-refractivity contribution in [2.45, 2.75) is 13.0 Å². The minimum absolute atomic E-state index is 0.114. The third-order valence-corrected chi connectivity index (χ3v) is 1.36. The van der Waals surface area contributed by atoms with Crippen LogP contribution >= 0.6 is 0 Å². The number of rotatable bonds is 7. The second-order valence-corrected chi connectivity index (χ2v) is 2.82. The van der Waals surface area contributed by atoms with Crippen molar-refractivity contribution >= 4 is 5.91 Å². The highest BCUT2D eigenvalue weighted by atomic mass is 16.5. The number of amides is 1. The molecule has 0 radical (unpaired) electrons. The first-order valence-corrected chi connectivity index (χ1v) is 4.31. The second-order valence-electron chi connectivity index (χ2n) is 2.82. The van der Waals surface area contributed by atoms with Gasteiger partial charge in [0.15, 0.2) is 0 Å². The quantitative estimate of drug-likeness (QED) is 0.437. The predicted octanol–water partition coefficient (Wildman–Crippen LogP) is -1.28. The highest BCUT2D eigenvalue weighted by Gasteiger charge is 2.01. The number of hydrogen-bond donors (Lipinski definition) is 3. The lowest BCUT2D eigenvalue weighted by atomic mass is 10.4. The second kappa shape index (κ2) is 7.97. The Morgan fingerprint density at radius 3 is 2.85 bits per heavy atom. The van der Waals surface area contributed by atoms with E-state index in [1.807, 2.05) is 0 Å². The highest BCUT2D eigenvalue weighted by Crippen LogP contribution is 1.74. The van der Waals surface area contributed by atoms with Gasteiger partial charge in [-0.15, -0.1) is 0 Å². The van der Waals surface area contributed by atoms with Crippen LogP contribution in [0.1, 0.15) is 6.92 Å². The van der Waals surface area contributed by atoms with E-state index in [2.05, 4.69) is 10.6 Å². The molecule has 5 nitrogen and oxygen atoms in total. The Hall–Kier alpha value is -0.650. The number of carbonyl (C=O) groups excluding carboxylic acids is 1. The van der Waals surface area contributed by atoms with E-state index in [0.717, 1.165) is 0 Å². The summed E-state index contributed by atoms with van der Waals surface area (Å²) in [6.45, 7) is 3.42. The van der Waals surface area contributed by atoms with Crippen LogP contribution in [0, 0.1) is 0 Å². The van der Waals surface area contributed by atoms with Gasteiger partial charge >= 0.3 is 0 Å². The number of carbonyl (C=O) groups is 1. The Bertz CT molecular complexity index is 139. The van der Waals surface area contributed by atoms with E-state index in [1.54, 1.807) is 14.0 Å². The smallest absolute Gasteiger partial charge is 0.234 e. The largest absolute Gasteiger partial charge is 0.392 e. The molecule has 0 aliphatic heterocycles. The number of aliphatic hydroxyl groups is 1. The molecule has 0 aromatic carbocycles. The lowest BCUT2D eigenvalue weighted by Crippen LogP contribution is -2.38. The van der Waals surface area contributed by atoms with Crippen molar-refractivity contribution < 1.29 is 14.6 Å². The van der Waals surface area contributed by atoms with Gasteiger partial charge in [0.1, 0.15) is 0 Å². The van der Waals surface area contributed by atoms with Crippen molar-refractivity contribution in [1.29, 1.82) is 0 Å². The van der Waals surface area contributed by atoms with Crippen LogP contribution in [0.15, 0.2) is 0 Å². The van der Waals surface area contributed by atoms with Crippen LogP contribution in [0.2, 0.25) is 0 Å². The average molecular weight is 190 g/mol. The summed E-state index contributed by atoms with van der Waals surface area (Å²) in [6, 6.07) is 0. The summed E-state index contributed by atoms with van der Waals surface area (Å²) in [5.41, 5.74) is 0. The van der Waals surface area contributed by atoms with Crippen molar-refractivity contribution in [2.75, 3.05) is 33.4 Å². The Morgan fingerprint density at radius 1 is 1.62 bits per heavy atom. The van der Waals surface area contributed by atoms with Gasteiger partial charge in [-0.05, 0) is 6.92 Å². The molecule has 3 N–H and O–H groups in total. The van der Waals surface area contributed by atoms with E-state index in [-0.39, 0.29) is 12.5 Å². The molecule has 0 fully saturated rings. The maximum absolute atomic E-state index is 11.0. The van der Waals surface area contributed by atoms with Gasteiger partial charge in [0.2, 0.25) is 5.91 Å². The third kappa shape index (κ3) is 9.26. The first-order chi connectivity index (χ1) is 6.16. The molecule has 13 heavy (non-hydrogen) atoms. The molecule has 0 aliphatic carbocycles. The van der Waals surface area contributed by atoms with Gasteiger partial charge in [-0.1, -0.05) is 0 Å². The summed E-state index contributed by atoms with van der Waals surface area (Å²) in [5.74, 6) is -0.114. The molecular formula is C8H18N2O3. The van der Waals surface area contributed by atoms with E-state index in [0.29, 0.717) is 19.7 Å². The summed E-state index contributed by atoms with van der Waals surface area (Å²) in [6.07, 6.45) is -0.497. The molecule has 0 spiro atoms. The summed E-state index contributed by atoms with van der Waals surface area (Å²) < 4.78 is 4.79. The van der Waals surface area contributed by atoms with Gasteiger partial charge in [-0.2, -0.15) is 0 Å². The standard InChI is InChI=1S/C8H18N2O3/c1-7(11)5-10-8(12)6-9-3-4-13-2/h7,9,11H,3-6H2,1-2H3,(H,10,12). The van der Waals surface area contributed by atoms with Crippen LogP contribution < -0.4 is 10.6 Å². The van der Waals surface area contributed by atoms with Gasteiger partial charge in [0, 0.05) is 20.2 Å². The molecule has 1 unspecified atom stereocenters. The molecule has 78 valence electrons. The maximum atomic E-state index is 11.0. The fourth-order valence-electron chi connectivity index (χ4n) is 0.700. The molecule has 0 heterocycles. The lowest BCUT2D eigenvalue weighted by Gasteiger charge is -2.07. The minimum atomic E-state index is -0.497. The number of methoxy groups -OCH3 is 1. The predicted molar refractivity (Wildman–Crippen MR) is 49.4 cm³/mol. The summed E-state index contributed by atoms with van der Waals surface area (Å²) in [4.78, 5) is 11.0. The molecule has 1 atom stereocenters. The van der Waals surface area contributed by atoms with Gasteiger partial charge < -0.3 is 20.5 Å². The Labute approximate surface area is 78.5 Å². The normalized spacial score (nSPS) is 12.5. The van der Waals surface area contributed by atoms with Crippen molar-refractivity contribution in [1.82, 2.24) is 10.6 Å². The van der Waals surface area contributed by atoms with Crippen molar-refractivity contribution in [3.8, 4) is 0 Å². The van der Waals surface area contributed by atoms with Crippen LogP contribution in [0.5, 0.6) is 0 Å². The molecule has 1 amide bonds. The molecular weight excluding hydrogens is 172 g/mol. The van der Waals surface area contributed by atoms with E-state index >= 15 is 0 Å². The number of hydrogen-bond acceptors (Lipinski definition) is 4. The summed E-state index contributed by atoms with van der Waals surface area (Å²) in [5, 5.41) is 14.3. The van der Waals surface area contributed by atoms with Crippen molar-refractivity contribution in [3.05, 3.63) is 0 Å². The molecule has 0 saturated carbocycles. The number of ether oxygens (including phenoxy) is 1. The molecule has 0 saturated heterocycles. The van der Waals surface area contributed by atoms with E-state index in [1.165, 1.54) is 0 Å². The maximum Gasteiger partial charge on any atom is 0.234 e. The fraction of sp³-hybridized carbons (Fsp3) is 0.875. The Kier molecular flexibility index (Phi) is 7.57.